The summed E-state index contributed by atoms with van der Waals surface area (Å²) in [4.78, 5) is 24.1. The predicted octanol–water partition coefficient (Wildman–Crippen LogP) is 1.59. The van der Waals surface area contributed by atoms with Crippen molar-refractivity contribution in [2.75, 3.05) is 0 Å². The second-order valence-electron chi connectivity index (χ2n) is 7.14. The van der Waals surface area contributed by atoms with Crippen molar-refractivity contribution in [2.45, 2.75) is 30.2 Å². The number of sulfonamides is 1. The van der Waals surface area contributed by atoms with Gasteiger partial charge >= 0.3 is 11.1 Å². The zero-order chi connectivity index (χ0) is 20.1. The summed E-state index contributed by atoms with van der Waals surface area (Å²) in [7, 11) is -0.836. The number of hydrogen-bond donors (Lipinski definition) is 1. The maximum Gasteiger partial charge on any atom is 0.316 e. The number of fused-ring (bicyclic) bond motifs is 2. The summed E-state index contributed by atoms with van der Waals surface area (Å²) in [6.07, 6.45) is 2.59. The average molecular weight is 399 g/mol. The minimum absolute atomic E-state index is 0.0664. The molecule has 1 aliphatic carbocycles. The van der Waals surface area contributed by atoms with E-state index in [-0.39, 0.29) is 10.9 Å². The molecule has 3 aromatic rings. The molecule has 1 heterocycles. The number of nitrogens with zero attached hydrogens (tertiary/aromatic N) is 2. The summed E-state index contributed by atoms with van der Waals surface area (Å²) in [5.74, 6) is 0. The summed E-state index contributed by atoms with van der Waals surface area (Å²) in [6, 6.07) is 12.0. The number of hydrogen-bond acceptors (Lipinski definition) is 4. The molecule has 1 atom stereocenters. The highest BCUT2D eigenvalue weighted by Crippen LogP contribution is 2.31. The lowest BCUT2D eigenvalue weighted by Gasteiger charge is -2.26. The Kier molecular flexibility index (Phi) is 4.47. The Hall–Kier alpha value is -2.71. The van der Waals surface area contributed by atoms with E-state index in [2.05, 4.69) is 4.72 Å². The molecular formula is C20H21N3O4S. The Balaban J connectivity index is 1.78. The molecule has 0 radical (unpaired) electrons. The van der Waals surface area contributed by atoms with Gasteiger partial charge in [0.2, 0.25) is 10.0 Å². The number of aromatic nitrogens is 2. The standard InChI is InChI=1S/C20H21N3O4S/c1-22-17-11-10-14(12-18(17)23(2)20(25)19(22)24)28(26,27)21-16-9-5-7-13-6-3-4-8-15(13)16/h3-4,6,8,10-12,16,21H,5,7,9H2,1-2H3. The topological polar surface area (TPSA) is 90.2 Å². The first-order valence-corrected chi connectivity index (χ1v) is 10.6. The molecule has 0 saturated carbocycles. The third-order valence-corrected chi connectivity index (χ3v) is 6.91. The molecule has 1 N–H and O–H groups in total. The molecule has 1 aliphatic rings. The lowest BCUT2D eigenvalue weighted by atomic mass is 9.88. The maximum atomic E-state index is 13.0. The van der Waals surface area contributed by atoms with Gasteiger partial charge in [-0.25, -0.2) is 13.1 Å². The van der Waals surface area contributed by atoms with Gasteiger partial charge in [-0.05, 0) is 48.6 Å². The van der Waals surface area contributed by atoms with E-state index in [1.807, 2.05) is 24.3 Å². The van der Waals surface area contributed by atoms with Gasteiger partial charge in [-0.2, -0.15) is 0 Å². The third kappa shape index (κ3) is 2.98. The van der Waals surface area contributed by atoms with Gasteiger partial charge in [0.25, 0.3) is 0 Å². The van der Waals surface area contributed by atoms with Crippen LogP contribution >= 0.6 is 0 Å². The van der Waals surface area contributed by atoms with Crippen LogP contribution in [0.1, 0.15) is 30.0 Å². The molecule has 1 unspecified atom stereocenters. The summed E-state index contributed by atoms with van der Waals surface area (Å²) in [6.45, 7) is 0. The number of benzene rings is 2. The van der Waals surface area contributed by atoms with E-state index in [0.717, 1.165) is 30.4 Å². The van der Waals surface area contributed by atoms with Gasteiger partial charge in [0.15, 0.2) is 0 Å². The second kappa shape index (κ2) is 6.72. The van der Waals surface area contributed by atoms with Gasteiger partial charge in [-0.1, -0.05) is 24.3 Å². The van der Waals surface area contributed by atoms with Crippen molar-refractivity contribution in [1.29, 1.82) is 0 Å². The zero-order valence-corrected chi connectivity index (χ0v) is 16.5. The molecule has 0 aliphatic heterocycles. The Morgan fingerprint density at radius 3 is 2.39 bits per heavy atom. The van der Waals surface area contributed by atoms with Gasteiger partial charge < -0.3 is 9.13 Å². The first-order valence-electron chi connectivity index (χ1n) is 9.09. The number of rotatable bonds is 3. The fourth-order valence-corrected chi connectivity index (χ4v) is 5.13. The fourth-order valence-electron chi connectivity index (χ4n) is 3.86. The fraction of sp³-hybridized carbons (Fsp3) is 0.300. The molecule has 0 spiro atoms. The van der Waals surface area contributed by atoms with Crippen molar-refractivity contribution in [3.05, 3.63) is 74.3 Å². The van der Waals surface area contributed by atoms with Crippen LogP contribution in [-0.2, 0) is 30.5 Å². The summed E-state index contributed by atoms with van der Waals surface area (Å²) >= 11 is 0. The first-order chi connectivity index (χ1) is 13.3. The molecule has 4 rings (SSSR count). The van der Waals surface area contributed by atoms with Crippen molar-refractivity contribution in [1.82, 2.24) is 13.9 Å². The van der Waals surface area contributed by atoms with Crippen molar-refractivity contribution in [3.63, 3.8) is 0 Å². The van der Waals surface area contributed by atoms with Crippen LogP contribution in [0, 0.1) is 0 Å². The van der Waals surface area contributed by atoms with Gasteiger partial charge in [0.05, 0.1) is 15.9 Å². The highest BCUT2D eigenvalue weighted by Gasteiger charge is 2.26. The third-order valence-electron chi connectivity index (χ3n) is 5.44. The molecule has 0 amide bonds. The van der Waals surface area contributed by atoms with Crippen LogP contribution in [0.15, 0.2) is 56.9 Å². The Labute approximate surface area is 162 Å². The number of aryl methyl sites for hydroxylation is 3. The lowest BCUT2D eigenvalue weighted by molar-refractivity contribution is 0.507. The minimum Gasteiger partial charge on any atom is -0.305 e. The van der Waals surface area contributed by atoms with E-state index in [0.29, 0.717) is 11.0 Å². The van der Waals surface area contributed by atoms with Crippen LogP contribution in [0.2, 0.25) is 0 Å². The zero-order valence-electron chi connectivity index (χ0n) is 15.7. The summed E-state index contributed by atoms with van der Waals surface area (Å²) < 4.78 is 31.3. The number of nitrogens with one attached hydrogen (secondary N) is 1. The average Bonchev–Trinajstić information content (AvgIpc) is 2.70. The van der Waals surface area contributed by atoms with E-state index < -0.39 is 21.1 Å². The van der Waals surface area contributed by atoms with Gasteiger partial charge in [0.1, 0.15) is 0 Å². The van der Waals surface area contributed by atoms with Crippen molar-refractivity contribution < 1.29 is 8.42 Å². The molecule has 8 heteroatoms. The van der Waals surface area contributed by atoms with Crippen molar-refractivity contribution in [2.24, 2.45) is 14.1 Å². The van der Waals surface area contributed by atoms with E-state index in [1.165, 1.54) is 35.4 Å². The molecule has 7 nitrogen and oxygen atoms in total. The predicted molar refractivity (Wildman–Crippen MR) is 107 cm³/mol. The van der Waals surface area contributed by atoms with Crippen LogP contribution in [0.5, 0.6) is 0 Å². The normalized spacial score (nSPS) is 16.9. The van der Waals surface area contributed by atoms with E-state index in [1.54, 1.807) is 6.07 Å². The maximum absolute atomic E-state index is 13.0. The Morgan fingerprint density at radius 2 is 1.64 bits per heavy atom. The van der Waals surface area contributed by atoms with Gasteiger partial charge in [-0.3, -0.25) is 9.59 Å². The first kappa shape index (κ1) is 18.6. The molecule has 0 fully saturated rings. The van der Waals surface area contributed by atoms with Crippen LogP contribution < -0.4 is 15.8 Å². The van der Waals surface area contributed by atoms with E-state index in [9.17, 15) is 18.0 Å². The van der Waals surface area contributed by atoms with Gasteiger partial charge in [-0.15, -0.1) is 0 Å². The summed E-state index contributed by atoms with van der Waals surface area (Å²) in [5, 5.41) is 0. The molecule has 0 saturated heterocycles. The highest BCUT2D eigenvalue weighted by molar-refractivity contribution is 7.89. The molecular weight excluding hydrogens is 378 g/mol. The quantitative estimate of drug-likeness (QED) is 0.678. The summed E-state index contributed by atoms with van der Waals surface area (Å²) in [5.41, 5.74) is 1.71. The second-order valence-corrected chi connectivity index (χ2v) is 8.86. The van der Waals surface area contributed by atoms with Crippen molar-refractivity contribution in [3.8, 4) is 0 Å². The van der Waals surface area contributed by atoms with Crippen molar-refractivity contribution >= 4 is 21.1 Å². The van der Waals surface area contributed by atoms with Gasteiger partial charge in [0, 0.05) is 20.1 Å². The molecule has 2 aromatic carbocycles. The molecule has 146 valence electrons. The van der Waals surface area contributed by atoms with Crippen LogP contribution in [0.4, 0.5) is 0 Å². The monoisotopic (exact) mass is 399 g/mol. The molecule has 0 bridgehead atoms. The van der Waals surface area contributed by atoms with E-state index >= 15 is 0 Å². The highest BCUT2D eigenvalue weighted by atomic mass is 32.2. The van der Waals surface area contributed by atoms with Crippen LogP contribution in [0.3, 0.4) is 0 Å². The van der Waals surface area contributed by atoms with Crippen LogP contribution in [-0.4, -0.2) is 17.6 Å². The Bertz CT molecular complexity index is 1310. The lowest BCUT2D eigenvalue weighted by Crippen LogP contribution is -2.39. The van der Waals surface area contributed by atoms with Crippen LogP contribution in [0.25, 0.3) is 11.0 Å². The molecule has 1 aromatic heterocycles. The smallest absolute Gasteiger partial charge is 0.305 e. The Morgan fingerprint density at radius 1 is 0.964 bits per heavy atom. The minimum atomic E-state index is -3.80. The SMILES string of the molecule is Cn1c(=O)c(=O)n(C)c2cc(S(=O)(=O)NC3CCCc4ccccc43)ccc21. The van der Waals surface area contributed by atoms with E-state index in [4.69, 9.17) is 0 Å². The largest absolute Gasteiger partial charge is 0.316 e. The molecule has 28 heavy (non-hydrogen) atoms.